The van der Waals surface area contributed by atoms with E-state index in [9.17, 15) is 0 Å². The molecule has 0 spiro atoms. The average molecular weight is 215 g/mol. The molecule has 1 aliphatic rings. The molecule has 0 aliphatic carbocycles. The van der Waals surface area contributed by atoms with Crippen molar-refractivity contribution in [3.63, 3.8) is 0 Å². The lowest BCUT2D eigenvalue weighted by molar-refractivity contribution is 1.18. The monoisotopic (exact) mass is 215 g/mol. The largest absolute Gasteiger partial charge is 0.285 e. The van der Waals surface area contributed by atoms with Gasteiger partial charge in [-0.15, -0.1) is 35.7 Å². The molecule has 1 nitrogen and oxygen atoms in total. The second-order valence-corrected chi connectivity index (χ2v) is 1.83. The van der Waals surface area contributed by atoms with E-state index in [1.165, 1.54) is 5.75 Å². The third-order valence-corrected chi connectivity index (χ3v) is 1.20. The van der Waals surface area contributed by atoms with E-state index in [0.29, 0.717) is 0 Å². The summed E-state index contributed by atoms with van der Waals surface area (Å²) in [6.45, 7) is 1.03. The molecule has 0 amide bonds. The molecule has 0 fully saturated rings. The van der Waals surface area contributed by atoms with Gasteiger partial charge in [-0.1, -0.05) is 0 Å². The molecule has 1 heterocycles. The Labute approximate surface area is 58.6 Å². The van der Waals surface area contributed by atoms with E-state index in [1.807, 2.05) is 5.55 Å². The fourth-order valence-electron chi connectivity index (χ4n) is 0.264. The first kappa shape index (κ1) is 6.75. The van der Waals surface area contributed by atoms with Crippen LogP contribution in [0.3, 0.4) is 0 Å². The van der Waals surface area contributed by atoms with Crippen LogP contribution < -0.4 is 0 Å². The summed E-state index contributed by atoms with van der Waals surface area (Å²) in [5.41, 5.74) is 1.90. The van der Waals surface area contributed by atoms with Crippen molar-refractivity contribution in [2.24, 2.45) is 4.99 Å². The first-order chi connectivity index (χ1) is 2.50. The van der Waals surface area contributed by atoms with E-state index in [2.05, 4.69) is 4.99 Å². The Morgan fingerprint density at radius 1 is 1.67 bits per heavy atom. The Morgan fingerprint density at radius 3 is 2.67 bits per heavy atom. The first-order valence-electron chi connectivity index (χ1n) is 1.60. The molecular weight excluding hydrogens is 209 g/mol. The maximum Gasteiger partial charge on any atom is 0.0542 e. The number of rotatable bonds is 0. The van der Waals surface area contributed by atoms with E-state index in [1.54, 1.807) is 11.8 Å². The number of aliphatic imine (C=N–C) groups is 1. The summed E-state index contributed by atoms with van der Waals surface area (Å²) < 4.78 is 0. The molecule has 1 rings (SSSR count). The van der Waals surface area contributed by atoms with Crippen LogP contribution in [0.4, 0.5) is 0 Å². The number of halogens is 1. The summed E-state index contributed by atoms with van der Waals surface area (Å²) in [7, 11) is 0. The topological polar surface area (TPSA) is 12.4 Å². The molecule has 3 heteroatoms. The Hall–Kier alpha value is 0.750. The minimum absolute atomic E-state index is 0. The molecule has 0 aromatic heterocycles. The zero-order valence-electron chi connectivity index (χ0n) is 3.26. The number of nitrogens with zero attached hydrogens (tertiary/aromatic N) is 1. The predicted octanol–water partition coefficient (Wildman–Crippen LogP) is 1.38. The molecule has 0 aromatic rings. The second-order valence-electron chi connectivity index (χ2n) is 0.882. The van der Waals surface area contributed by atoms with Crippen LogP contribution in [-0.2, 0) is 0 Å². The maximum atomic E-state index is 3.92. The second kappa shape index (κ2) is 3.92. The minimum Gasteiger partial charge on any atom is -0.285 e. The number of hydrogen-bond acceptors (Lipinski definition) is 2. The summed E-state index contributed by atoms with van der Waals surface area (Å²) in [6.07, 6.45) is 0. The lowest BCUT2D eigenvalue weighted by Crippen LogP contribution is -1.69. The van der Waals surface area contributed by atoms with Crippen molar-refractivity contribution in [3.8, 4) is 0 Å². The van der Waals surface area contributed by atoms with Gasteiger partial charge < -0.3 is 0 Å². The van der Waals surface area contributed by atoms with Crippen molar-refractivity contribution in [2.45, 2.75) is 0 Å². The minimum atomic E-state index is 0. The molecule has 6 heavy (non-hydrogen) atoms. The van der Waals surface area contributed by atoms with Crippen LogP contribution in [0.15, 0.2) is 4.99 Å². The molecule has 0 saturated carbocycles. The van der Waals surface area contributed by atoms with Crippen LogP contribution in [0, 0.1) is 0 Å². The normalized spacial score (nSPS) is 17.3. The highest BCUT2D eigenvalue weighted by Gasteiger charge is 1.86. The number of hydrogen-bond donors (Lipinski definition) is 0. The SMILES string of the molecule is C1=NCCS1.I. The van der Waals surface area contributed by atoms with Crippen molar-refractivity contribution in [1.82, 2.24) is 0 Å². The molecular formula is C3H6INS. The van der Waals surface area contributed by atoms with Crippen molar-refractivity contribution in [1.29, 1.82) is 0 Å². The third kappa shape index (κ3) is 2.02. The van der Waals surface area contributed by atoms with E-state index in [4.69, 9.17) is 0 Å². The van der Waals surface area contributed by atoms with Gasteiger partial charge in [-0.2, -0.15) is 0 Å². The van der Waals surface area contributed by atoms with E-state index >= 15 is 0 Å². The van der Waals surface area contributed by atoms with Crippen molar-refractivity contribution in [3.05, 3.63) is 0 Å². The van der Waals surface area contributed by atoms with Gasteiger partial charge in [0.15, 0.2) is 0 Å². The molecule has 1 aliphatic heterocycles. The van der Waals surface area contributed by atoms with Crippen molar-refractivity contribution >= 4 is 41.3 Å². The van der Waals surface area contributed by atoms with Gasteiger partial charge in [-0.25, -0.2) is 0 Å². The van der Waals surface area contributed by atoms with Crippen molar-refractivity contribution in [2.75, 3.05) is 12.3 Å². The summed E-state index contributed by atoms with van der Waals surface area (Å²) in [5, 5.41) is 0. The summed E-state index contributed by atoms with van der Waals surface area (Å²) >= 11 is 1.78. The zero-order valence-corrected chi connectivity index (χ0v) is 6.40. The van der Waals surface area contributed by atoms with Gasteiger partial charge in [-0.3, -0.25) is 4.99 Å². The van der Waals surface area contributed by atoms with Gasteiger partial charge in [0.25, 0.3) is 0 Å². The highest BCUT2D eigenvalue weighted by atomic mass is 127. The van der Waals surface area contributed by atoms with Gasteiger partial charge in [0.1, 0.15) is 0 Å². The van der Waals surface area contributed by atoms with Crippen LogP contribution >= 0.6 is 35.7 Å². The molecule has 0 aromatic carbocycles. The van der Waals surface area contributed by atoms with Gasteiger partial charge in [-0.05, 0) is 0 Å². The molecule has 0 bridgehead atoms. The third-order valence-electron chi connectivity index (χ3n) is 0.487. The predicted molar refractivity (Wildman–Crippen MR) is 41.2 cm³/mol. The molecule has 0 N–H and O–H groups in total. The van der Waals surface area contributed by atoms with Crippen LogP contribution in [0.1, 0.15) is 0 Å². The Morgan fingerprint density at radius 2 is 2.50 bits per heavy atom. The summed E-state index contributed by atoms with van der Waals surface area (Å²) in [6, 6.07) is 0. The van der Waals surface area contributed by atoms with Crippen LogP contribution in [0.25, 0.3) is 0 Å². The quantitative estimate of drug-likeness (QED) is 0.556. The fraction of sp³-hybridized carbons (Fsp3) is 0.667. The smallest absolute Gasteiger partial charge is 0.0542 e. The van der Waals surface area contributed by atoms with E-state index < -0.39 is 0 Å². The van der Waals surface area contributed by atoms with Crippen molar-refractivity contribution < 1.29 is 0 Å². The zero-order chi connectivity index (χ0) is 3.54. The standard InChI is InChI=1S/C3H5NS.HI/c1-2-5-3-4-1;/h3H,1-2H2;1H. The highest BCUT2D eigenvalue weighted by Crippen LogP contribution is 1.99. The molecule has 0 saturated heterocycles. The van der Waals surface area contributed by atoms with E-state index in [0.717, 1.165) is 6.54 Å². The molecule has 36 valence electrons. The maximum absolute atomic E-state index is 3.92. The fourth-order valence-corrected chi connectivity index (χ4v) is 0.791. The van der Waals surface area contributed by atoms with Gasteiger partial charge in [0.2, 0.25) is 0 Å². The molecule has 0 atom stereocenters. The lowest BCUT2D eigenvalue weighted by Gasteiger charge is -1.67. The average Bonchev–Trinajstić information content (AvgIpc) is 1.76. The molecule has 0 unspecified atom stereocenters. The molecule has 0 radical (unpaired) electrons. The Kier molecular flexibility index (Phi) is 4.41. The van der Waals surface area contributed by atoms with Crippen LogP contribution in [-0.4, -0.2) is 17.8 Å². The Balaban J connectivity index is 0.000000250. The first-order valence-corrected chi connectivity index (χ1v) is 2.65. The van der Waals surface area contributed by atoms with Crippen LogP contribution in [0.5, 0.6) is 0 Å². The summed E-state index contributed by atoms with van der Waals surface area (Å²) in [4.78, 5) is 3.92. The van der Waals surface area contributed by atoms with E-state index in [-0.39, 0.29) is 24.0 Å². The Bertz CT molecular complexity index is 48.8. The number of thioether (sulfide) groups is 1. The van der Waals surface area contributed by atoms with Gasteiger partial charge in [0, 0.05) is 12.3 Å². The highest BCUT2D eigenvalue weighted by molar-refractivity contribution is 14.0. The van der Waals surface area contributed by atoms with Crippen LogP contribution in [0.2, 0.25) is 0 Å². The summed E-state index contributed by atoms with van der Waals surface area (Å²) in [5.74, 6) is 1.19. The lowest BCUT2D eigenvalue weighted by atomic mass is 10.8. The van der Waals surface area contributed by atoms with Gasteiger partial charge >= 0.3 is 0 Å². The van der Waals surface area contributed by atoms with Gasteiger partial charge in [0.05, 0.1) is 5.55 Å².